The average molecular weight is 410 g/mol. The Morgan fingerprint density at radius 1 is 1.15 bits per heavy atom. The van der Waals surface area contributed by atoms with Gasteiger partial charge in [0.05, 0.1) is 18.3 Å². The molecule has 0 bridgehead atoms. The summed E-state index contributed by atoms with van der Waals surface area (Å²) in [6.07, 6.45) is 0. The molecule has 27 heavy (non-hydrogen) atoms. The molecule has 1 aliphatic rings. The minimum Gasteiger partial charge on any atom is -0.495 e. The number of rotatable bonds is 5. The summed E-state index contributed by atoms with van der Waals surface area (Å²) in [6, 6.07) is 4.52. The van der Waals surface area contributed by atoms with E-state index < -0.39 is 10.9 Å². The summed E-state index contributed by atoms with van der Waals surface area (Å²) in [5.74, 6) is -0.0725. The lowest BCUT2D eigenvalue weighted by Gasteiger charge is -2.34. The van der Waals surface area contributed by atoms with Crippen molar-refractivity contribution in [3.8, 4) is 5.75 Å². The van der Waals surface area contributed by atoms with Crippen LogP contribution in [0.4, 0.5) is 5.69 Å². The van der Waals surface area contributed by atoms with Crippen molar-refractivity contribution in [1.29, 1.82) is 0 Å². The van der Waals surface area contributed by atoms with Gasteiger partial charge >= 0.3 is 0 Å². The van der Waals surface area contributed by atoms with Crippen molar-refractivity contribution >= 4 is 39.7 Å². The summed E-state index contributed by atoms with van der Waals surface area (Å²) in [7, 11) is -1.43. The van der Waals surface area contributed by atoms with Gasteiger partial charge in [0.1, 0.15) is 11.4 Å². The molecule has 2 heterocycles. The second-order valence-corrected chi connectivity index (χ2v) is 7.20. The molecule has 1 aromatic carbocycles. The minimum atomic E-state index is -2.83. The van der Waals surface area contributed by atoms with Gasteiger partial charge in [-0.1, -0.05) is 0 Å². The maximum atomic E-state index is 12.7. The first-order valence-electron chi connectivity index (χ1n) is 8.05. The van der Waals surface area contributed by atoms with Crippen molar-refractivity contribution in [3.63, 3.8) is 0 Å². The Kier molecular flexibility index (Phi) is 5.91. The van der Waals surface area contributed by atoms with Gasteiger partial charge in [0.2, 0.25) is 10.9 Å². The zero-order valence-corrected chi connectivity index (χ0v) is 16.2. The second-order valence-electron chi connectivity index (χ2n) is 5.74. The molecule has 1 aromatic heterocycles. The number of anilines is 1. The largest absolute Gasteiger partial charge is 0.495 e. The molecular weight excluding hydrogens is 392 g/mol. The molecule has 0 aliphatic carbocycles. The SMILES string of the molecule is COc1cc(C(=O)N2CCN(C(=O)c3cscn3)CC2)ccc1N[SH](=O)=O. The maximum Gasteiger partial charge on any atom is 0.273 e. The van der Waals surface area contributed by atoms with Crippen LogP contribution < -0.4 is 9.46 Å². The van der Waals surface area contributed by atoms with E-state index >= 15 is 0 Å². The van der Waals surface area contributed by atoms with Gasteiger partial charge in [-0.3, -0.25) is 14.3 Å². The summed E-state index contributed by atoms with van der Waals surface area (Å²) in [5, 5.41) is 1.71. The Hall–Kier alpha value is -2.66. The van der Waals surface area contributed by atoms with Crippen LogP contribution in [0.15, 0.2) is 29.1 Å². The number of hydrogen-bond acceptors (Lipinski definition) is 7. The molecule has 3 rings (SSSR count). The number of carbonyl (C=O) groups is 2. The van der Waals surface area contributed by atoms with E-state index in [0.717, 1.165) is 0 Å². The molecule has 0 unspecified atom stereocenters. The highest BCUT2D eigenvalue weighted by molar-refractivity contribution is 7.73. The van der Waals surface area contributed by atoms with Crippen molar-refractivity contribution in [3.05, 3.63) is 40.3 Å². The van der Waals surface area contributed by atoms with E-state index in [1.165, 1.54) is 30.6 Å². The van der Waals surface area contributed by atoms with Crippen LogP contribution in [0.1, 0.15) is 20.8 Å². The molecule has 1 saturated heterocycles. The molecule has 11 heteroatoms. The van der Waals surface area contributed by atoms with Crippen molar-refractivity contribution in [2.75, 3.05) is 38.0 Å². The third kappa shape index (κ3) is 4.37. The second kappa shape index (κ2) is 8.35. The maximum absolute atomic E-state index is 12.7. The van der Waals surface area contributed by atoms with E-state index in [1.54, 1.807) is 26.8 Å². The van der Waals surface area contributed by atoms with Crippen LogP contribution in [0, 0.1) is 0 Å². The zero-order chi connectivity index (χ0) is 19.4. The number of amides is 2. The van der Waals surface area contributed by atoms with Crippen LogP contribution >= 0.6 is 11.3 Å². The fraction of sp³-hybridized carbons (Fsp3) is 0.312. The van der Waals surface area contributed by atoms with Gasteiger partial charge in [-0.25, -0.2) is 13.4 Å². The molecule has 2 aromatic rings. The number of aromatic nitrogens is 1. The number of nitrogens with zero attached hydrogens (tertiary/aromatic N) is 3. The van der Waals surface area contributed by atoms with E-state index in [9.17, 15) is 18.0 Å². The van der Waals surface area contributed by atoms with E-state index in [0.29, 0.717) is 37.4 Å². The normalized spacial score (nSPS) is 14.3. The van der Waals surface area contributed by atoms with Gasteiger partial charge < -0.3 is 14.5 Å². The van der Waals surface area contributed by atoms with Crippen LogP contribution in [0.5, 0.6) is 5.75 Å². The number of thiol groups is 1. The predicted octanol–water partition coefficient (Wildman–Crippen LogP) is 0.688. The van der Waals surface area contributed by atoms with Crippen LogP contribution in [-0.2, 0) is 10.9 Å². The first-order chi connectivity index (χ1) is 13.0. The Labute approximate surface area is 161 Å². The van der Waals surface area contributed by atoms with Gasteiger partial charge in [0.25, 0.3) is 11.8 Å². The first-order valence-corrected chi connectivity index (χ1v) is 10.2. The third-order valence-corrected chi connectivity index (χ3v) is 5.18. The van der Waals surface area contributed by atoms with Crippen LogP contribution in [-0.4, -0.2) is 68.3 Å². The topological polar surface area (TPSA) is 109 Å². The third-order valence-electron chi connectivity index (χ3n) is 4.17. The summed E-state index contributed by atoms with van der Waals surface area (Å²) < 4.78 is 29.1. The van der Waals surface area contributed by atoms with E-state index in [2.05, 4.69) is 9.71 Å². The Balaban J connectivity index is 1.66. The fourth-order valence-corrected chi connectivity index (χ4v) is 3.70. The fourth-order valence-electron chi connectivity index (χ4n) is 2.79. The summed E-state index contributed by atoms with van der Waals surface area (Å²) >= 11 is 1.36. The molecular formula is C16H18N4O5S2. The van der Waals surface area contributed by atoms with Gasteiger partial charge in [0.15, 0.2) is 0 Å². The number of ether oxygens (including phenoxy) is 1. The molecule has 1 N–H and O–H groups in total. The number of carbonyl (C=O) groups excluding carboxylic acids is 2. The summed E-state index contributed by atoms with van der Waals surface area (Å²) in [6.45, 7) is 1.66. The molecule has 2 amide bonds. The molecule has 9 nitrogen and oxygen atoms in total. The molecule has 0 saturated carbocycles. The van der Waals surface area contributed by atoms with Crippen molar-refractivity contribution in [2.24, 2.45) is 0 Å². The van der Waals surface area contributed by atoms with Crippen LogP contribution in [0.3, 0.4) is 0 Å². The molecule has 0 spiro atoms. The van der Waals surface area contributed by atoms with E-state index in [1.807, 2.05) is 0 Å². The van der Waals surface area contributed by atoms with Gasteiger partial charge in [-0.15, -0.1) is 11.3 Å². The lowest BCUT2D eigenvalue weighted by Crippen LogP contribution is -2.50. The number of thiazole rings is 1. The average Bonchev–Trinajstić information content (AvgIpc) is 3.21. The van der Waals surface area contributed by atoms with E-state index in [4.69, 9.17) is 4.74 Å². The first kappa shape index (κ1) is 19.1. The molecule has 144 valence electrons. The van der Waals surface area contributed by atoms with Gasteiger partial charge in [-0.2, -0.15) is 0 Å². The Bertz CT molecular complexity index is 898. The Morgan fingerprint density at radius 3 is 2.37 bits per heavy atom. The summed E-state index contributed by atoms with van der Waals surface area (Å²) in [5.41, 5.74) is 2.69. The zero-order valence-electron chi connectivity index (χ0n) is 14.5. The Morgan fingerprint density at radius 2 is 1.81 bits per heavy atom. The molecule has 0 radical (unpaired) electrons. The van der Waals surface area contributed by atoms with Crippen molar-refractivity contribution in [2.45, 2.75) is 0 Å². The highest BCUT2D eigenvalue weighted by atomic mass is 32.2. The smallest absolute Gasteiger partial charge is 0.273 e. The number of hydrogen-bond donors (Lipinski definition) is 2. The molecule has 0 atom stereocenters. The van der Waals surface area contributed by atoms with Crippen molar-refractivity contribution in [1.82, 2.24) is 14.8 Å². The van der Waals surface area contributed by atoms with Crippen LogP contribution in [0.2, 0.25) is 0 Å². The standard InChI is InChI=1S/C16H18N4O5S2/c1-25-14-8-11(2-3-12(14)18-27(23)24)15(21)19-4-6-20(7-5-19)16(22)13-9-26-10-17-13/h2-3,8-10,27H,4-7H2,1H3,(H,18,23,24). The lowest BCUT2D eigenvalue weighted by atomic mass is 10.1. The quantitative estimate of drug-likeness (QED) is 0.702. The van der Waals surface area contributed by atoms with Crippen LogP contribution in [0.25, 0.3) is 0 Å². The highest BCUT2D eigenvalue weighted by Gasteiger charge is 2.26. The number of nitrogens with one attached hydrogen (secondary N) is 1. The summed E-state index contributed by atoms with van der Waals surface area (Å²) in [4.78, 5) is 32.4. The molecule has 1 fully saturated rings. The van der Waals surface area contributed by atoms with Gasteiger partial charge in [-0.05, 0) is 18.2 Å². The van der Waals surface area contributed by atoms with Crippen molar-refractivity contribution < 1.29 is 22.7 Å². The monoisotopic (exact) mass is 410 g/mol. The lowest BCUT2D eigenvalue weighted by molar-refractivity contribution is 0.0532. The number of piperazine rings is 1. The highest BCUT2D eigenvalue weighted by Crippen LogP contribution is 2.26. The predicted molar refractivity (Wildman–Crippen MR) is 101 cm³/mol. The minimum absolute atomic E-state index is 0.132. The number of benzene rings is 1. The van der Waals surface area contributed by atoms with Gasteiger partial charge in [0, 0.05) is 37.1 Å². The van der Waals surface area contributed by atoms with E-state index in [-0.39, 0.29) is 23.3 Å². The molecule has 1 aliphatic heterocycles. The number of methoxy groups -OCH3 is 1.